The lowest BCUT2D eigenvalue weighted by molar-refractivity contribution is -0.133. The van der Waals surface area contributed by atoms with Crippen molar-refractivity contribution < 1.29 is 14.7 Å². The molecule has 0 saturated carbocycles. The smallest absolute Gasteiger partial charge is 0.326 e. The lowest BCUT2D eigenvalue weighted by Gasteiger charge is -2.38. The third-order valence-electron chi connectivity index (χ3n) is 8.47. The van der Waals surface area contributed by atoms with Crippen molar-refractivity contribution in [1.82, 2.24) is 29.7 Å². The number of nitrogens with one attached hydrogen (secondary N) is 2. The standard InChI is InChI=1S/C31H33Cl2N7O4/c32-23-17-20(18-24(33)28(23)41)19-26(29(42)38-15-13-37(14-16-38)21-5-9-34-10-6-21)36-30(43)39-11-7-22(8-12-39)40-27-4-2-1-3-25(27)35-31(40)44/h1-6,9-10,17-18,22,26,41H,7-8,11-16,19H2,(H,35,44)(H,36,43)/t26-/m1/s1. The molecule has 3 amide bonds. The van der Waals surface area contributed by atoms with Crippen LogP contribution in [0.25, 0.3) is 11.0 Å². The van der Waals surface area contributed by atoms with Crippen LogP contribution in [-0.4, -0.2) is 86.7 Å². The molecule has 2 aliphatic heterocycles. The lowest BCUT2D eigenvalue weighted by Crippen LogP contribution is -2.57. The van der Waals surface area contributed by atoms with Gasteiger partial charge in [-0.05, 0) is 54.8 Å². The molecule has 6 rings (SSSR count). The molecule has 0 radical (unpaired) electrons. The molecule has 230 valence electrons. The van der Waals surface area contributed by atoms with Crippen LogP contribution in [0, 0.1) is 0 Å². The molecule has 44 heavy (non-hydrogen) atoms. The normalized spacial score (nSPS) is 16.7. The van der Waals surface area contributed by atoms with E-state index in [9.17, 15) is 19.5 Å². The van der Waals surface area contributed by atoms with Gasteiger partial charge >= 0.3 is 11.7 Å². The second-order valence-corrected chi connectivity index (χ2v) is 12.0. The van der Waals surface area contributed by atoms with Gasteiger partial charge in [-0.3, -0.25) is 14.3 Å². The van der Waals surface area contributed by atoms with Gasteiger partial charge in [-0.25, -0.2) is 9.59 Å². The van der Waals surface area contributed by atoms with Gasteiger partial charge in [-0.1, -0.05) is 35.3 Å². The predicted octanol–water partition coefficient (Wildman–Crippen LogP) is 4.04. The van der Waals surface area contributed by atoms with Crippen LogP contribution in [0.4, 0.5) is 10.5 Å². The van der Waals surface area contributed by atoms with Gasteiger partial charge in [0.25, 0.3) is 0 Å². The molecule has 2 aliphatic rings. The number of carbonyl (C=O) groups excluding carboxylic acids is 2. The summed E-state index contributed by atoms with van der Waals surface area (Å²) < 4.78 is 1.78. The van der Waals surface area contributed by atoms with E-state index < -0.39 is 6.04 Å². The highest BCUT2D eigenvalue weighted by Gasteiger charge is 2.32. The Labute approximate surface area is 264 Å². The van der Waals surface area contributed by atoms with Crippen molar-refractivity contribution in [2.75, 3.05) is 44.2 Å². The van der Waals surface area contributed by atoms with Gasteiger partial charge in [0.2, 0.25) is 5.91 Å². The number of anilines is 1. The molecule has 2 saturated heterocycles. The van der Waals surface area contributed by atoms with E-state index in [1.165, 1.54) is 0 Å². The average molecular weight is 639 g/mol. The Kier molecular flexibility index (Phi) is 8.67. The van der Waals surface area contributed by atoms with Crippen LogP contribution in [-0.2, 0) is 11.2 Å². The van der Waals surface area contributed by atoms with Crippen molar-refractivity contribution in [3.8, 4) is 5.75 Å². The minimum atomic E-state index is -0.874. The Hall–Kier alpha value is -4.22. The molecule has 13 heteroatoms. The number of phenolic OH excluding ortho intramolecular Hbond substituents is 1. The number of piperazine rings is 1. The number of para-hydroxylation sites is 2. The van der Waals surface area contributed by atoms with E-state index >= 15 is 0 Å². The van der Waals surface area contributed by atoms with E-state index in [-0.39, 0.29) is 45.9 Å². The molecule has 11 nitrogen and oxygen atoms in total. The number of hydrogen-bond donors (Lipinski definition) is 3. The van der Waals surface area contributed by atoms with Gasteiger partial charge in [0.15, 0.2) is 5.75 Å². The molecule has 3 N–H and O–H groups in total. The number of piperidine rings is 1. The number of imidazole rings is 1. The first kappa shape index (κ1) is 29.8. The van der Waals surface area contributed by atoms with E-state index in [1.807, 2.05) is 36.4 Å². The number of benzene rings is 2. The molecule has 2 aromatic carbocycles. The summed E-state index contributed by atoms with van der Waals surface area (Å²) in [7, 11) is 0. The maximum atomic E-state index is 13.9. The van der Waals surface area contributed by atoms with Crippen molar-refractivity contribution in [3.05, 3.63) is 87.0 Å². The third-order valence-corrected chi connectivity index (χ3v) is 9.05. The Morgan fingerprint density at radius 3 is 2.30 bits per heavy atom. The van der Waals surface area contributed by atoms with Gasteiger partial charge in [-0.15, -0.1) is 0 Å². The van der Waals surface area contributed by atoms with Crippen LogP contribution in [0.3, 0.4) is 0 Å². The Morgan fingerprint density at radius 2 is 1.61 bits per heavy atom. The number of phenols is 1. The Balaban J connectivity index is 1.14. The minimum Gasteiger partial charge on any atom is -0.505 e. The van der Waals surface area contributed by atoms with E-state index in [2.05, 4.69) is 20.2 Å². The number of amides is 3. The molecule has 4 heterocycles. The van der Waals surface area contributed by atoms with Crippen LogP contribution >= 0.6 is 23.2 Å². The maximum Gasteiger partial charge on any atom is 0.326 e. The number of halogens is 2. The average Bonchev–Trinajstić information content (AvgIpc) is 3.39. The highest BCUT2D eigenvalue weighted by atomic mass is 35.5. The number of nitrogens with zero attached hydrogens (tertiary/aromatic N) is 5. The zero-order valence-corrected chi connectivity index (χ0v) is 25.5. The van der Waals surface area contributed by atoms with Crippen LogP contribution in [0.5, 0.6) is 5.75 Å². The third kappa shape index (κ3) is 6.20. The van der Waals surface area contributed by atoms with Crippen molar-refractivity contribution in [2.45, 2.75) is 31.3 Å². The van der Waals surface area contributed by atoms with Crippen molar-refractivity contribution in [1.29, 1.82) is 0 Å². The highest BCUT2D eigenvalue weighted by molar-refractivity contribution is 6.37. The van der Waals surface area contributed by atoms with Crippen molar-refractivity contribution in [2.24, 2.45) is 0 Å². The van der Waals surface area contributed by atoms with Crippen LogP contribution in [0.15, 0.2) is 65.7 Å². The molecule has 2 aromatic heterocycles. The van der Waals surface area contributed by atoms with Gasteiger partial charge in [0.1, 0.15) is 6.04 Å². The zero-order valence-electron chi connectivity index (χ0n) is 24.0. The number of rotatable bonds is 6. The lowest BCUT2D eigenvalue weighted by atomic mass is 10.0. The van der Waals surface area contributed by atoms with E-state index in [4.69, 9.17) is 23.2 Å². The van der Waals surface area contributed by atoms with E-state index in [1.54, 1.807) is 38.9 Å². The molecule has 0 bridgehead atoms. The summed E-state index contributed by atoms with van der Waals surface area (Å²) in [5.41, 5.74) is 3.14. The van der Waals surface area contributed by atoms with E-state index in [0.29, 0.717) is 57.7 Å². The first-order valence-electron chi connectivity index (χ1n) is 14.6. The number of aromatic amines is 1. The van der Waals surface area contributed by atoms with Gasteiger partial charge in [-0.2, -0.15) is 0 Å². The molecule has 2 fully saturated rings. The summed E-state index contributed by atoms with van der Waals surface area (Å²) in [6.07, 6.45) is 4.85. The van der Waals surface area contributed by atoms with E-state index in [0.717, 1.165) is 16.7 Å². The second kappa shape index (κ2) is 12.8. The molecular formula is C31H33Cl2N7O4. The van der Waals surface area contributed by atoms with Crippen molar-refractivity contribution >= 4 is 51.9 Å². The summed E-state index contributed by atoms with van der Waals surface area (Å²) in [5.74, 6) is -0.429. The number of carbonyl (C=O) groups is 2. The second-order valence-electron chi connectivity index (χ2n) is 11.2. The Morgan fingerprint density at radius 1 is 0.955 bits per heavy atom. The number of likely N-dealkylation sites (tertiary alicyclic amines) is 1. The molecular weight excluding hydrogens is 605 g/mol. The predicted molar refractivity (Wildman–Crippen MR) is 170 cm³/mol. The fraction of sp³-hybridized carbons (Fsp3) is 0.355. The number of aromatic hydroxyl groups is 1. The highest BCUT2D eigenvalue weighted by Crippen LogP contribution is 2.33. The fourth-order valence-electron chi connectivity index (χ4n) is 6.14. The van der Waals surface area contributed by atoms with Crippen molar-refractivity contribution in [3.63, 3.8) is 0 Å². The zero-order chi connectivity index (χ0) is 30.8. The molecule has 0 aliphatic carbocycles. The number of hydrogen-bond acceptors (Lipinski definition) is 6. The summed E-state index contributed by atoms with van der Waals surface area (Å²) in [4.78, 5) is 52.8. The SMILES string of the molecule is O=C(N[C@H](Cc1cc(Cl)c(O)c(Cl)c1)C(=O)N1CCN(c2ccncc2)CC1)N1CCC(n2c(=O)[nH]c3ccccc32)CC1. The largest absolute Gasteiger partial charge is 0.505 e. The summed E-state index contributed by atoms with van der Waals surface area (Å²) in [6.45, 7) is 3.16. The van der Waals surface area contributed by atoms with Gasteiger partial charge in [0.05, 0.1) is 21.1 Å². The first-order valence-corrected chi connectivity index (χ1v) is 15.4. The van der Waals surface area contributed by atoms with Gasteiger partial charge < -0.3 is 30.1 Å². The maximum absolute atomic E-state index is 13.9. The van der Waals surface area contributed by atoms with Crippen LogP contribution in [0.1, 0.15) is 24.4 Å². The number of fused-ring (bicyclic) bond motifs is 1. The topological polar surface area (TPSA) is 127 Å². The molecule has 0 unspecified atom stereocenters. The number of pyridine rings is 1. The number of aromatic nitrogens is 3. The first-order chi connectivity index (χ1) is 21.3. The summed E-state index contributed by atoms with van der Waals surface area (Å²) >= 11 is 12.3. The number of H-pyrrole nitrogens is 1. The van der Waals surface area contributed by atoms with Gasteiger partial charge in [0, 0.05) is 69.8 Å². The van der Waals surface area contributed by atoms with Crippen LogP contribution in [0.2, 0.25) is 10.0 Å². The minimum absolute atomic E-state index is 0.0434. The molecule has 4 aromatic rings. The summed E-state index contributed by atoms with van der Waals surface area (Å²) in [5, 5.41) is 13.1. The molecule has 1 atom stereocenters. The Bertz CT molecular complexity index is 1690. The monoisotopic (exact) mass is 637 g/mol. The quantitative estimate of drug-likeness (QED) is 0.293. The number of urea groups is 1. The van der Waals surface area contributed by atoms with Crippen LogP contribution < -0.4 is 15.9 Å². The molecule has 0 spiro atoms. The summed E-state index contributed by atoms with van der Waals surface area (Å²) in [6, 6.07) is 13.3. The fourth-order valence-corrected chi connectivity index (χ4v) is 6.67.